The van der Waals surface area contributed by atoms with Gasteiger partial charge in [-0.1, -0.05) is 67.4 Å². The van der Waals surface area contributed by atoms with Gasteiger partial charge in [0.05, 0.1) is 5.69 Å². The molecule has 0 aliphatic carbocycles. The molecule has 0 spiro atoms. The minimum atomic E-state index is -0.488. The van der Waals surface area contributed by atoms with Gasteiger partial charge in [-0.05, 0) is 18.6 Å². The lowest BCUT2D eigenvalue weighted by Gasteiger charge is -2.17. The van der Waals surface area contributed by atoms with Gasteiger partial charge < -0.3 is 10.6 Å². The van der Waals surface area contributed by atoms with E-state index in [1.807, 2.05) is 23.1 Å². The minimum Gasteiger partial charge on any atom is -0.316 e. The van der Waals surface area contributed by atoms with Crippen molar-refractivity contribution in [2.45, 2.75) is 57.9 Å². The number of halogens is 1. The summed E-state index contributed by atoms with van der Waals surface area (Å²) >= 11 is 3.47. The highest BCUT2D eigenvalue weighted by Gasteiger charge is 2.34. The number of benzene rings is 1. The maximum absolute atomic E-state index is 12.3. The molecule has 0 saturated heterocycles. The van der Waals surface area contributed by atoms with E-state index >= 15 is 0 Å². The summed E-state index contributed by atoms with van der Waals surface area (Å²) < 4.78 is 0.993. The van der Waals surface area contributed by atoms with Crippen molar-refractivity contribution in [1.29, 1.82) is 0 Å². The van der Waals surface area contributed by atoms with Crippen LogP contribution >= 0.6 is 15.9 Å². The zero-order valence-electron chi connectivity index (χ0n) is 12.8. The smallest absolute Gasteiger partial charge is 0.248 e. The second-order valence-electron chi connectivity index (χ2n) is 5.79. The first-order valence-corrected chi connectivity index (χ1v) is 8.81. The van der Waals surface area contributed by atoms with Crippen LogP contribution in [0.4, 0.5) is 5.69 Å². The average Bonchev–Trinajstić information content (AvgIpc) is 2.70. The van der Waals surface area contributed by atoms with Crippen LogP contribution in [0, 0.1) is 0 Å². The van der Waals surface area contributed by atoms with Gasteiger partial charge in [0.15, 0.2) is 0 Å². The predicted molar refractivity (Wildman–Crippen MR) is 91.4 cm³/mol. The van der Waals surface area contributed by atoms with Crippen molar-refractivity contribution >= 4 is 27.5 Å². The first-order valence-electron chi connectivity index (χ1n) is 8.01. The number of carbonyl (C=O) groups excluding carboxylic acids is 1. The SMILES string of the molecule is CCCCCCCCCN1C(=O)C(N)c2ccc(Br)cc21. The van der Waals surface area contributed by atoms with Gasteiger partial charge in [-0.15, -0.1) is 0 Å². The molecular weight excluding hydrogens is 328 g/mol. The van der Waals surface area contributed by atoms with E-state index in [0.717, 1.165) is 28.7 Å². The van der Waals surface area contributed by atoms with Crippen LogP contribution in [0.3, 0.4) is 0 Å². The van der Waals surface area contributed by atoms with Crippen molar-refractivity contribution in [3.8, 4) is 0 Å². The molecule has 1 heterocycles. The number of nitrogens with two attached hydrogens (primary N) is 1. The van der Waals surface area contributed by atoms with Crippen LogP contribution < -0.4 is 10.6 Å². The quantitative estimate of drug-likeness (QED) is 0.697. The lowest BCUT2D eigenvalue weighted by molar-refractivity contribution is -0.119. The van der Waals surface area contributed by atoms with Crippen LogP contribution in [-0.4, -0.2) is 12.5 Å². The highest BCUT2D eigenvalue weighted by Crippen LogP contribution is 2.36. The average molecular weight is 353 g/mol. The summed E-state index contributed by atoms with van der Waals surface area (Å²) in [5, 5.41) is 0. The number of carbonyl (C=O) groups is 1. The molecule has 2 rings (SSSR count). The number of hydrogen-bond acceptors (Lipinski definition) is 2. The molecule has 1 atom stereocenters. The van der Waals surface area contributed by atoms with E-state index in [-0.39, 0.29) is 5.91 Å². The Morgan fingerprint density at radius 2 is 1.81 bits per heavy atom. The maximum Gasteiger partial charge on any atom is 0.248 e. The number of unbranched alkanes of at least 4 members (excludes halogenated alkanes) is 6. The highest BCUT2D eigenvalue weighted by atomic mass is 79.9. The van der Waals surface area contributed by atoms with E-state index in [4.69, 9.17) is 5.73 Å². The molecule has 1 aromatic carbocycles. The third kappa shape index (κ3) is 4.07. The maximum atomic E-state index is 12.3. The third-order valence-electron chi connectivity index (χ3n) is 4.14. The Labute approximate surface area is 136 Å². The van der Waals surface area contributed by atoms with Crippen LogP contribution in [0.5, 0.6) is 0 Å². The highest BCUT2D eigenvalue weighted by molar-refractivity contribution is 9.10. The standard InChI is InChI=1S/C17H25BrN2O/c1-2-3-4-5-6-7-8-11-20-15-12-13(18)9-10-14(15)16(19)17(20)21/h9-10,12,16H,2-8,11,19H2,1H3. The van der Waals surface area contributed by atoms with Crippen LogP contribution in [0.1, 0.15) is 63.5 Å². The molecule has 0 aromatic heterocycles. The molecule has 2 N–H and O–H groups in total. The Hall–Kier alpha value is -0.870. The van der Waals surface area contributed by atoms with Gasteiger partial charge >= 0.3 is 0 Å². The molecule has 0 fully saturated rings. The van der Waals surface area contributed by atoms with Crippen molar-refractivity contribution in [3.05, 3.63) is 28.2 Å². The molecule has 21 heavy (non-hydrogen) atoms. The Morgan fingerprint density at radius 1 is 1.14 bits per heavy atom. The Balaban J connectivity index is 1.84. The second kappa shape index (κ2) is 7.95. The van der Waals surface area contributed by atoms with E-state index < -0.39 is 6.04 Å². The summed E-state index contributed by atoms with van der Waals surface area (Å²) in [4.78, 5) is 14.1. The molecule has 1 aliphatic rings. The van der Waals surface area contributed by atoms with Crippen molar-refractivity contribution in [1.82, 2.24) is 0 Å². The van der Waals surface area contributed by atoms with Gasteiger partial charge in [0, 0.05) is 16.6 Å². The minimum absolute atomic E-state index is 0.0362. The zero-order valence-corrected chi connectivity index (χ0v) is 14.4. The molecule has 116 valence electrons. The van der Waals surface area contributed by atoms with Crippen molar-refractivity contribution < 1.29 is 4.79 Å². The van der Waals surface area contributed by atoms with Gasteiger partial charge in [-0.2, -0.15) is 0 Å². The molecule has 0 bridgehead atoms. The number of rotatable bonds is 8. The van der Waals surface area contributed by atoms with Gasteiger partial charge in [-0.3, -0.25) is 4.79 Å². The number of hydrogen-bond donors (Lipinski definition) is 1. The van der Waals surface area contributed by atoms with Crippen LogP contribution in [0.15, 0.2) is 22.7 Å². The Morgan fingerprint density at radius 3 is 2.52 bits per heavy atom. The molecule has 1 unspecified atom stereocenters. The van der Waals surface area contributed by atoms with Gasteiger partial charge in [0.1, 0.15) is 6.04 Å². The number of anilines is 1. The Bertz CT molecular complexity index is 490. The van der Waals surface area contributed by atoms with Crippen LogP contribution in [0.25, 0.3) is 0 Å². The monoisotopic (exact) mass is 352 g/mol. The summed E-state index contributed by atoms with van der Waals surface area (Å²) in [5.74, 6) is 0.0362. The number of amides is 1. The largest absolute Gasteiger partial charge is 0.316 e. The lowest BCUT2D eigenvalue weighted by atomic mass is 10.1. The van der Waals surface area contributed by atoms with E-state index in [1.165, 1.54) is 38.5 Å². The molecule has 3 nitrogen and oxygen atoms in total. The molecule has 1 amide bonds. The van der Waals surface area contributed by atoms with Gasteiger partial charge in [-0.25, -0.2) is 0 Å². The summed E-state index contributed by atoms with van der Waals surface area (Å²) in [6, 6.07) is 5.41. The molecule has 1 aromatic rings. The van der Waals surface area contributed by atoms with E-state index in [9.17, 15) is 4.79 Å². The van der Waals surface area contributed by atoms with E-state index in [2.05, 4.69) is 22.9 Å². The predicted octanol–water partition coefficient (Wildman–Crippen LogP) is 4.55. The van der Waals surface area contributed by atoms with Crippen LogP contribution in [0.2, 0.25) is 0 Å². The topological polar surface area (TPSA) is 46.3 Å². The van der Waals surface area contributed by atoms with Crippen molar-refractivity contribution in [3.63, 3.8) is 0 Å². The summed E-state index contributed by atoms with van der Waals surface area (Å²) in [6.45, 7) is 3.02. The molecule has 0 radical (unpaired) electrons. The van der Waals surface area contributed by atoms with E-state index in [1.54, 1.807) is 0 Å². The fourth-order valence-electron chi connectivity index (χ4n) is 2.89. The lowest BCUT2D eigenvalue weighted by Crippen LogP contribution is -2.32. The fraction of sp³-hybridized carbons (Fsp3) is 0.588. The zero-order chi connectivity index (χ0) is 15.2. The van der Waals surface area contributed by atoms with E-state index in [0.29, 0.717) is 0 Å². The normalized spacial score (nSPS) is 17.4. The second-order valence-corrected chi connectivity index (χ2v) is 6.71. The first-order chi connectivity index (χ1) is 10.1. The number of nitrogens with zero attached hydrogens (tertiary/aromatic N) is 1. The molecule has 0 saturated carbocycles. The molecule has 4 heteroatoms. The fourth-order valence-corrected chi connectivity index (χ4v) is 3.24. The molecule has 1 aliphatic heterocycles. The summed E-state index contributed by atoms with van der Waals surface area (Å²) in [5.41, 5.74) is 7.94. The number of fused-ring (bicyclic) bond motifs is 1. The van der Waals surface area contributed by atoms with Gasteiger partial charge in [0.2, 0.25) is 5.91 Å². The Kier molecular flexibility index (Phi) is 6.24. The molecular formula is C17H25BrN2O. The van der Waals surface area contributed by atoms with Crippen molar-refractivity contribution in [2.75, 3.05) is 11.4 Å². The first kappa shape index (κ1) is 16.5. The third-order valence-corrected chi connectivity index (χ3v) is 4.63. The summed E-state index contributed by atoms with van der Waals surface area (Å²) in [7, 11) is 0. The summed E-state index contributed by atoms with van der Waals surface area (Å²) in [6.07, 6.45) is 8.76. The van der Waals surface area contributed by atoms with Crippen molar-refractivity contribution in [2.24, 2.45) is 5.73 Å². The van der Waals surface area contributed by atoms with Crippen LogP contribution in [-0.2, 0) is 4.79 Å². The van der Waals surface area contributed by atoms with Gasteiger partial charge in [0.25, 0.3) is 0 Å².